The molecule has 9 nitrogen and oxygen atoms in total. The van der Waals surface area contributed by atoms with Gasteiger partial charge in [-0.05, 0) is 54.8 Å². The van der Waals surface area contributed by atoms with E-state index < -0.39 is 33.9 Å². The highest BCUT2D eigenvalue weighted by molar-refractivity contribution is 7.89. The van der Waals surface area contributed by atoms with Gasteiger partial charge in [-0.1, -0.05) is 18.2 Å². The zero-order valence-electron chi connectivity index (χ0n) is 18.6. The van der Waals surface area contributed by atoms with Gasteiger partial charge in [-0.15, -0.1) is 0 Å². The molecular weight excluding hydrogens is 470 g/mol. The van der Waals surface area contributed by atoms with Gasteiger partial charge in [0.05, 0.1) is 34.8 Å². The number of Topliss-reactive ketones (excluding diaryl/α,β-unsaturated/α-hetero) is 1. The summed E-state index contributed by atoms with van der Waals surface area (Å²) in [5.74, 6) is -1.43. The molecule has 0 saturated carbocycles. The van der Waals surface area contributed by atoms with Crippen molar-refractivity contribution >= 4 is 27.4 Å². The predicted molar refractivity (Wildman–Crippen MR) is 126 cm³/mol. The number of aromatic hydroxyl groups is 1. The maximum absolute atomic E-state index is 13.5. The van der Waals surface area contributed by atoms with Gasteiger partial charge in [-0.3, -0.25) is 14.6 Å². The molecule has 180 valence electrons. The first kappa shape index (κ1) is 23.2. The number of phenolic OH excluding ortho intramolecular Hbond substituents is 1. The number of pyridine rings is 1. The second kappa shape index (κ2) is 8.88. The lowest BCUT2D eigenvalue weighted by molar-refractivity contribution is -0.114. The number of phenols is 1. The summed E-state index contributed by atoms with van der Waals surface area (Å²) < 4.78 is 28.3. The molecule has 0 radical (unpaired) electrons. The Bertz CT molecular complexity index is 1390. The van der Waals surface area contributed by atoms with Crippen LogP contribution in [-0.4, -0.2) is 52.2 Å². The number of aliphatic hydroxyl groups is 1. The normalized spacial score (nSPS) is 19.2. The molecule has 0 bridgehead atoms. The van der Waals surface area contributed by atoms with Crippen LogP contribution in [0.4, 0.5) is 5.69 Å². The van der Waals surface area contributed by atoms with E-state index in [1.807, 2.05) is 0 Å². The van der Waals surface area contributed by atoms with Crippen LogP contribution in [0.1, 0.15) is 40.4 Å². The number of hydrogen-bond donors (Lipinski definition) is 2. The minimum absolute atomic E-state index is 0.0263. The van der Waals surface area contributed by atoms with E-state index in [-0.39, 0.29) is 29.3 Å². The van der Waals surface area contributed by atoms with Crippen LogP contribution in [0.15, 0.2) is 71.9 Å². The van der Waals surface area contributed by atoms with Gasteiger partial charge in [-0.25, -0.2) is 8.42 Å². The molecule has 1 amide bonds. The largest absolute Gasteiger partial charge is 0.508 e. The quantitative estimate of drug-likeness (QED) is 0.505. The van der Waals surface area contributed by atoms with Crippen molar-refractivity contribution in [2.45, 2.75) is 36.4 Å². The van der Waals surface area contributed by atoms with Crippen molar-refractivity contribution in [2.24, 2.45) is 0 Å². The number of fused-ring (bicyclic) bond motifs is 1. The van der Waals surface area contributed by atoms with Crippen molar-refractivity contribution in [1.82, 2.24) is 9.29 Å². The standard InChI is InChI=1S/C25H23N3O6S/c29-18-7-5-16(6-8-18)15-27-21-10-9-19(13-20(21)24(31)25(27)32)35(33,34)28-12-2-4-22(28)23(30)17-3-1-11-26-14-17/h1,3,5-11,13-14,22-23,29-30H,2,4,12,15H2. The second-order valence-electron chi connectivity index (χ2n) is 8.62. The van der Waals surface area contributed by atoms with Crippen LogP contribution in [-0.2, 0) is 21.4 Å². The van der Waals surface area contributed by atoms with Crippen LogP contribution in [0.5, 0.6) is 5.75 Å². The first-order valence-electron chi connectivity index (χ1n) is 11.2. The third-order valence-corrected chi connectivity index (χ3v) is 8.39. The fourth-order valence-corrected chi connectivity index (χ4v) is 6.39. The number of rotatable bonds is 6. The maximum Gasteiger partial charge on any atom is 0.299 e. The molecule has 35 heavy (non-hydrogen) atoms. The summed E-state index contributed by atoms with van der Waals surface area (Å²) >= 11 is 0. The van der Waals surface area contributed by atoms with E-state index in [0.29, 0.717) is 29.7 Å². The third-order valence-electron chi connectivity index (χ3n) is 6.47. The molecule has 1 saturated heterocycles. The lowest BCUT2D eigenvalue weighted by atomic mass is 10.0. The van der Waals surface area contributed by atoms with Crippen LogP contribution >= 0.6 is 0 Å². The Morgan fingerprint density at radius 3 is 2.57 bits per heavy atom. The van der Waals surface area contributed by atoms with Crippen LogP contribution in [0.2, 0.25) is 0 Å². The van der Waals surface area contributed by atoms with Gasteiger partial charge in [0, 0.05) is 24.5 Å². The highest BCUT2D eigenvalue weighted by Crippen LogP contribution is 2.37. The number of ketones is 1. The number of aliphatic hydroxyl groups excluding tert-OH is 1. The summed E-state index contributed by atoms with van der Waals surface area (Å²) in [4.78, 5) is 30.6. The average Bonchev–Trinajstić information content (AvgIpc) is 3.46. The van der Waals surface area contributed by atoms with Crippen molar-refractivity contribution < 1.29 is 28.2 Å². The first-order chi connectivity index (χ1) is 16.8. The summed E-state index contributed by atoms with van der Waals surface area (Å²) in [5.41, 5.74) is 1.59. The maximum atomic E-state index is 13.5. The van der Waals surface area contributed by atoms with Crippen molar-refractivity contribution in [3.05, 3.63) is 83.7 Å². The number of nitrogens with zero attached hydrogens (tertiary/aromatic N) is 3. The van der Waals surface area contributed by atoms with E-state index in [4.69, 9.17) is 0 Å². The molecule has 3 aromatic rings. The van der Waals surface area contributed by atoms with Crippen molar-refractivity contribution in [2.75, 3.05) is 11.4 Å². The number of benzene rings is 2. The zero-order chi connectivity index (χ0) is 24.7. The fourth-order valence-electron chi connectivity index (χ4n) is 4.67. The number of anilines is 1. The fraction of sp³-hybridized carbons (Fsp3) is 0.240. The molecule has 0 aliphatic carbocycles. The highest BCUT2D eigenvalue weighted by atomic mass is 32.2. The molecule has 2 aliphatic heterocycles. The molecule has 10 heteroatoms. The number of aromatic nitrogens is 1. The van der Waals surface area contributed by atoms with Crippen molar-refractivity contribution in [3.63, 3.8) is 0 Å². The summed E-state index contributed by atoms with van der Waals surface area (Å²) in [7, 11) is -4.04. The Kier molecular flexibility index (Phi) is 5.87. The van der Waals surface area contributed by atoms with Gasteiger partial charge in [-0.2, -0.15) is 4.31 Å². The van der Waals surface area contributed by atoms with Crippen molar-refractivity contribution in [1.29, 1.82) is 0 Å². The first-order valence-corrected chi connectivity index (χ1v) is 12.6. The predicted octanol–water partition coefficient (Wildman–Crippen LogP) is 2.40. The Morgan fingerprint density at radius 2 is 1.86 bits per heavy atom. The third kappa shape index (κ3) is 4.09. The van der Waals surface area contributed by atoms with Crippen molar-refractivity contribution in [3.8, 4) is 5.75 Å². The molecule has 2 N–H and O–H groups in total. The zero-order valence-corrected chi connectivity index (χ0v) is 19.4. The molecule has 1 aromatic heterocycles. The SMILES string of the molecule is O=C1C(=O)N(Cc2ccc(O)cc2)c2ccc(S(=O)(=O)N3CCCC3C(O)c3cccnc3)cc21. The molecule has 2 unspecified atom stereocenters. The Balaban J connectivity index is 1.44. The van der Waals surface area contributed by atoms with Gasteiger partial charge in [0.1, 0.15) is 5.75 Å². The lowest BCUT2D eigenvalue weighted by Crippen LogP contribution is -2.39. The topological polar surface area (TPSA) is 128 Å². The van der Waals surface area contributed by atoms with Crippen LogP contribution < -0.4 is 4.90 Å². The number of carbonyl (C=O) groups excluding carboxylic acids is 2. The molecule has 0 spiro atoms. The number of hydrogen-bond acceptors (Lipinski definition) is 7. The molecule has 2 atom stereocenters. The minimum atomic E-state index is -4.04. The summed E-state index contributed by atoms with van der Waals surface area (Å²) in [6.07, 6.45) is 3.12. The average molecular weight is 494 g/mol. The van der Waals surface area contributed by atoms with E-state index in [9.17, 15) is 28.2 Å². The van der Waals surface area contributed by atoms with E-state index in [1.165, 1.54) is 45.7 Å². The Morgan fingerprint density at radius 1 is 1.09 bits per heavy atom. The monoisotopic (exact) mass is 493 g/mol. The lowest BCUT2D eigenvalue weighted by Gasteiger charge is -2.28. The van der Waals surface area contributed by atoms with Gasteiger partial charge in [0.25, 0.3) is 11.7 Å². The number of sulfonamides is 1. The molecule has 1 fully saturated rings. The van der Waals surface area contributed by atoms with Crippen LogP contribution in [0.3, 0.4) is 0 Å². The number of amides is 1. The van der Waals surface area contributed by atoms with Gasteiger partial charge >= 0.3 is 0 Å². The van der Waals surface area contributed by atoms with E-state index >= 15 is 0 Å². The summed E-state index contributed by atoms with van der Waals surface area (Å²) in [5, 5.41) is 20.3. The minimum Gasteiger partial charge on any atom is -0.508 e. The second-order valence-corrected chi connectivity index (χ2v) is 10.5. The highest BCUT2D eigenvalue weighted by Gasteiger charge is 2.42. The van der Waals surface area contributed by atoms with Gasteiger partial charge in [0.15, 0.2) is 0 Å². The van der Waals surface area contributed by atoms with Gasteiger partial charge < -0.3 is 15.1 Å². The smallest absolute Gasteiger partial charge is 0.299 e. The Labute approximate surface area is 202 Å². The van der Waals surface area contributed by atoms with Crippen LogP contribution in [0.25, 0.3) is 0 Å². The summed E-state index contributed by atoms with van der Waals surface area (Å²) in [6.45, 7) is 0.344. The van der Waals surface area contributed by atoms with Crippen LogP contribution in [0, 0.1) is 0 Å². The summed E-state index contributed by atoms with van der Waals surface area (Å²) in [6, 6.07) is 13.1. The molecule has 2 aromatic carbocycles. The van der Waals surface area contributed by atoms with E-state index in [1.54, 1.807) is 30.5 Å². The van der Waals surface area contributed by atoms with Gasteiger partial charge in [0.2, 0.25) is 10.0 Å². The Hall–Kier alpha value is -3.60. The molecule has 2 aliphatic rings. The van der Waals surface area contributed by atoms with E-state index in [0.717, 1.165) is 0 Å². The number of carbonyl (C=O) groups is 2. The molecular formula is C25H23N3O6S. The molecule has 5 rings (SSSR count). The van der Waals surface area contributed by atoms with E-state index in [2.05, 4.69) is 4.98 Å². The molecule has 3 heterocycles.